The maximum absolute atomic E-state index is 12.5. The van der Waals surface area contributed by atoms with E-state index in [-0.39, 0.29) is 10.9 Å². The molecule has 2 saturated heterocycles. The van der Waals surface area contributed by atoms with Crippen LogP contribution < -0.4 is 4.72 Å². The van der Waals surface area contributed by atoms with Crippen molar-refractivity contribution < 1.29 is 13.2 Å². The number of hydrogen-bond acceptors (Lipinski definition) is 5. The van der Waals surface area contributed by atoms with Crippen molar-refractivity contribution in [2.24, 2.45) is 11.8 Å². The van der Waals surface area contributed by atoms with Gasteiger partial charge < -0.3 is 9.64 Å². The fraction of sp³-hybridized carbons (Fsp3) is 0.842. The molecule has 2 aliphatic rings. The molecule has 1 aromatic heterocycles. The summed E-state index contributed by atoms with van der Waals surface area (Å²) in [6.45, 7) is 9.91. The van der Waals surface area contributed by atoms with E-state index in [1.165, 1.54) is 25.7 Å². The Morgan fingerprint density at radius 3 is 2.59 bits per heavy atom. The Bertz CT molecular complexity index is 675. The first-order valence-electron chi connectivity index (χ1n) is 10.3. The van der Waals surface area contributed by atoms with Gasteiger partial charge in [0.15, 0.2) is 0 Å². The third-order valence-corrected chi connectivity index (χ3v) is 7.01. The molecule has 0 radical (unpaired) electrons. The van der Waals surface area contributed by atoms with Gasteiger partial charge in [0.1, 0.15) is 4.90 Å². The van der Waals surface area contributed by atoms with Crippen LogP contribution in [0.15, 0.2) is 17.3 Å². The second kappa shape index (κ2) is 9.49. The van der Waals surface area contributed by atoms with Crippen LogP contribution in [0, 0.1) is 11.8 Å². The van der Waals surface area contributed by atoms with Gasteiger partial charge in [0.25, 0.3) is 0 Å². The molecule has 3 rings (SSSR count). The Balaban J connectivity index is 1.40. The normalized spacial score (nSPS) is 25.7. The van der Waals surface area contributed by atoms with Crippen LogP contribution in [0.1, 0.15) is 52.0 Å². The van der Waals surface area contributed by atoms with Crippen LogP contribution in [0.2, 0.25) is 0 Å². The van der Waals surface area contributed by atoms with Crippen molar-refractivity contribution in [2.45, 2.75) is 56.9 Å². The third-order valence-electron chi connectivity index (χ3n) is 5.59. The molecular weight excluding hydrogens is 364 g/mol. The topological polar surface area (TPSA) is 76.5 Å². The number of nitrogens with one attached hydrogen (secondary N) is 1. The molecule has 154 valence electrons. The van der Waals surface area contributed by atoms with Gasteiger partial charge in [-0.2, -0.15) is 5.10 Å². The molecule has 0 aliphatic carbocycles. The summed E-state index contributed by atoms with van der Waals surface area (Å²) in [6.07, 6.45) is 8.04. The lowest BCUT2D eigenvalue weighted by atomic mass is 9.92. The van der Waals surface area contributed by atoms with Crippen molar-refractivity contribution in [2.75, 3.05) is 39.4 Å². The number of ether oxygens (including phenoxy) is 1. The van der Waals surface area contributed by atoms with E-state index in [4.69, 9.17) is 4.74 Å². The second-order valence-electron chi connectivity index (χ2n) is 8.31. The number of likely N-dealkylation sites (tertiary alicyclic amines) is 1. The first kappa shape index (κ1) is 20.8. The van der Waals surface area contributed by atoms with Crippen LogP contribution in [-0.2, 0) is 14.8 Å². The number of sulfonamides is 1. The number of piperidine rings is 1. The first-order chi connectivity index (χ1) is 12.9. The second-order valence-corrected chi connectivity index (χ2v) is 10.1. The zero-order valence-electron chi connectivity index (χ0n) is 16.6. The predicted molar refractivity (Wildman–Crippen MR) is 105 cm³/mol. The fourth-order valence-electron chi connectivity index (χ4n) is 4.33. The van der Waals surface area contributed by atoms with Crippen LogP contribution in [0.25, 0.3) is 0 Å². The maximum atomic E-state index is 12.5. The summed E-state index contributed by atoms with van der Waals surface area (Å²) in [5.41, 5.74) is 0. The third kappa shape index (κ3) is 6.01. The van der Waals surface area contributed by atoms with Crippen LogP contribution >= 0.6 is 0 Å². The smallest absolute Gasteiger partial charge is 0.243 e. The summed E-state index contributed by atoms with van der Waals surface area (Å²) in [6, 6.07) is 0.233. The minimum atomic E-state index is -3.48. The van der Waals surface area contributed by atoms with Crippen molar-refractivity contribution in [1.29, 1.82) is 0 Å². The molecule has 2 atom stereocenters. The first-order valence-corrected chi connectivity index (χ1v) is 11.8. The van der Waals surface area contributed by atoms with E-state index in [9.17, 15) is 8.42 Å². The maximum Gasteiger partial charge on any atom is 0.243 e. The highest BCUT2D eigenvalue weighted by Crippen LogP contribution is 2.22. The molecule has 0 saturated carbocycles. The minimum Gasteiger partial charge on any atom is -0.381 e. The summed E-state index contributed by atoms with van der Waals surface area (Å²) in [5.74, 6) is 1.53. The van der Waals surface area contributed by atoms with Crippen LogP contribution in [-0.4, -0.2) is 62.5 Å². The summed E-state index contributed by atoms with van der Waals surface area (Å²) >= 11 is 0. The molecule has 2 fully saturated rings. The minimum absolute atomic E-state index is 0.233. The summed E-state index contributed by atoms with van der Waals surface area (Å²) in [5, 5.41) is 4.26. The lowest BCUT2D eigenvalue weighted by molar-refractivity contribution is 0.0662. The Morgan fingerprint density at radius 1 is 1.19 bits per heavy atom. The van der Waals surface area contributed by atoms with Crippen molar-refractivity contribution in [3.63, 3.8) is 0 Å². The van der Waals surface area contributed by atoms with Gasteiger partial charge in [0.2, 0.25) is 10.0 Å². The number of unbranched alkanes of at least 4 members (excludes halogenated alkanes) is 1. The SMILES string of the molecule is C[C@@H]1C[C@@H](C)CN(CCCCNS(=O)(=O)c2cnn(C3CCOCC3)c2)C1. The van der Waals surface area contributed by atoms with Gasteiger partial charge in [-0.05, 0) is 50.5 Å². The van der Waals surface area contributed by atoms with E-state index in [2.05, 4.69) is 28.6 Å². The number of rotatable bonds is 8. The van der Waals surface area contributed by atoms with Gasteiger partial charge in [-0.1, -0.05) is 13.8 Å². The lowest BCUT2D eigenvalue weighted by Crippen LogP contribution is -2.39. The van der Waals surface area contributed by atoms with Crippen molar-refractivity contribution in [3.05, 3.63) is 12.4 Å². The molecule has 0 bridgehead atoms. The number of hydrogen-bond donors (Lipinski definition) is 1. The zero-order valence-corrected chi connectivity index (χ0v) is 17.5. The standard InChI is InChI=1S/C19H34N4O3S/c1-16-11-17(2)14-22(13-16)8-4-3-7-21-27(24,25)19-12-20-23(15-19)18-5-9-26-10-6-18/h12,15-18,21H,3-11,13-14H2,1-2H3/t16-,17-/m1/s1. The summed E-state index contributed by atoms with van der Waals surface area (Å²) in [7, 11) is -3.48. The molecule has 0 aromatic carbocycles. The van der Waals surface area contributed by atoms with Crippen molar-refractivity contribution in [3.8, 4) is 0 Å². The molecule has 0 spiro atoms. The van der Waals surface area contributed by atoms with Gasteiger partial charge in [-0.15, -0.1) is 0 Å². The average molecular weight is 399 g/mol. The van der Waals surface area contributed by atoms with E-state index in [0.717, 1.165) is 44.1 Å². The monoisotopic (exact) mass is 398 g/mol. The Kier molecular flexibility index (Phi) is 7.30. The molecule has 7 nitrogen and oxygen atoms in total. The zero-order chi connectivity index (χ0) is 19.3. The molecule has 27 heavy (non-hydrogen) atoms. The highest BCUT2D eigenvalue weighted by atomic mass is 32.2. The Morgan fingerprint density at radius 2 is 1.89 bits per heavy atom. The summed E-state index contributed by atoms with van der Waals surface area (Å²) < 4.78 is 34.8. The molecular formula is C19H34N4O3S. The highest BCUT2D eigenvalue weighted by Gasteiger charge is 2.22. The summed E-state index contributed by atoms with van der Waals surface area (Å²) in [4.78, 5) is 2.78. The van der Waals surface area contributed by atoms with Gasteiger partial charge in [0.05, 0.1) is 12.2 Å². The number of nitrogens with zero attached hydrogens (tertiary/aromatic N) is 3. The largest absolute Gasteiger partial charge is 0.381 e. The van der Waals surface area contributed by atoms with Crippen molar-refractivity contribution in [1.82, 2.24) is 19.4 Å². The van der Waals surface area contributed by atoms with Gasteiger partial charge in [-0.25, -0.2) is 13.1 Å². The van der Waals surface area contributed by atoms with E-state index in [0.29, 0.717) is 19.8 Å². The fourth-order valence-corrected chi connectivity index (χ4v) is 5.35. The van der Waals surface area contributed by atoms with Crippen LogP contribution in [0.4, 0.5) is 0 Å². The van der Waals surface area contributed by atoms with E-state index >= 15 is 0 Å². The molecule has 1 N–H and O–H groups in total. The number of aromatic nitrogens is 2. The van der Waals surface area contributed by atoms with Gasteiger partial charge in [-0.3, -0.25) is 4.68 Å². The Labute approximate surface area is 163 Å². The van der Waals surface area contributed by atoms with E-state index in [1.807, 2.05) is 0 Å². The molecule has 3 heterocycles. The molecule has 0 unspecified atom stereocenters. The van der Waals surface area contributed by atoms with Crippen LogP contribution in [0.3, 0.4) is 0 Å². The van der Waals surface area contributed by atoms with Gasteiger partial charge >= 0.3 is 0 Å². The Hall–Kier alpha value is -0.960. The van der Waals surface area contributed by atoms with Gasteiger partial charge in [0, 0.05) is 39.0 Å². The lowest BCUT2D eigenvalue weighted by Gasteiger charge is -2.34. The highest BCUT2D eigenvalue weighted by molar-refractivity contribution is 7.89. The van der Waals surface area contributed by atoms with Crippen LogP contribution in [0.5, 0.6) is 0 Å². The molecule has 1 aromatic rings. The van der Waals surface area contributed by atoms with Crippen molar-refractivity contribution >= 4 is 10.0 Å². The molecule has 8 heteroatoms. The molecule has 0 amide bonds. The quantitative estimate of drug-likeness (QED) is 0.680. The average Bonchev–Trinajstić information content (AvgIpc) is 3.12. The van der Waals surface area contributed by atoms with E-state index < -0.39 is 10.0 Å². The predicted octanol–water partition coefficient (Wildman–Crippen LogP) is 2.27. The van der Waals surface area contributed by atoms with E-state index in [1.54, 1.807) is 10.9 Å². The molecule has 2 aliphatic heterocycles.